The first-order valence-electron chi connectivity index (χ1n) is 7.67. The zero-order chi connectivity index (χ0) is 13.6. The van der Waals surface area contributed by atoms with Crippen molar-refractivity contribution in [2.45, 2.75) is 58.4 Å². The van der Waals surface area contributed by atoms with E-state index in [0.29, 0.717) is 11.7 Å². The van der Waals surface area contributed by atoms with Crippen molar-refractivity contribution in [3.05, 3.63) is 28.3 Å². The first-order chi connectivity index (χ1) is 9.09. The molecular formula is C17H25NO. The Hall–Kier alpha value is -1.02. The van der Waals surface area contributed by atoms with E-state index in [1.807, 2.05) is 6.92 Å². The molecule has 1 aromatic rings. The lowest BCUT2D eigenvalue weighted by Gasteiger charge is -2.30. The van der Waals surface area contributed by atoms with Crippen LogP contribution in [0, 0.1) is 25.7 Å². The Kier molecular flexibility index (Phi) is 3.30. The Balaban J connectivity index is 1.94. The zero-order valence-electron chi connectivity index (χ0n) is 12.1. The van der Waals surface area contributed by atoms with E-state index in [1.165, 1.54) is 43.2 Å². The first kappa shape index (κ1) is 13.0. The number of fused-ring (bicyclic) bond motifs is 1. The van der Waals surface area contributed by atoms with Crippen molar-refractivity contribution in [3.8, 4) is 5.75 Å². The van der Waals surface area contributed by atoms with Crippen molar-refractivity contribution < 1.29 is 5.11 Å². The highest BCUT2D eigenvalue weighted by Crippen LogP contribution is 2.48. The second kappa shape index (κ2) is 4.82. The Labute approximate surface area is 116 Å². The molecule has 104 valence electrons. The van der Waals surface area contributed by atoms with Gasteiger partial charge in [-0.15, -0.1) is 0 Å². The third kappa shape index (κ3) is 2.06. The number of phenols is 1. The summed E-state index contributed by atoms with van der Waals surface area (Å²) < 4.78 is 0. The molecule has 2 aliphatic carbocycles. The quantitative estimate of drug-likeness (QED) is 0.806. The van der Waals surface area contributed by atoms with Gasteiger partial charge in [0, 0.05) is 11.6 Å². The average molecular weight is 259 g/mol. The monoisotopic (exact) mass is 259 g/mol. The van der Waals surface area contributed by atoms with Crippen molar-refractivity contribution in [3.63, 3.8) is 0 Å². The molecule has 0 aliphatic heterocycles. The fourth-order valence-corrected chi connectivity index (χ4v) is 4.28. The molecule has 2 nitrogen and oxygen atoms in total. The second-order valence-corrected chi connectivity index (χ2v) is 6.54. The minimum absolute atomic E-state index is 0.0386. The van der Waals surface area contributed by atoms with Crippen LogP contribution in [-0.2, 0) is 6.42 Å². The van der Waals surface area contributed by atoms with E-state index in [1.54, 1.807) is 0 Å². The molecule has 0 saturated heterocycles. The third-order valence-corrected chi connectivity index (χ3v) is 5.35. The number of rotatable bonds is 1. The van der Waals surface area contributed by atoms with Crippen LogP contribution in [0.3, 0.4) is 0 Å². The van der Waals surface area contributed by atoms with Gasteiger partial charge in [-0.3, -0.25) is 0 Å². The van der Waals surface area contributed by atoms with Crippen LogP contribution >= 0.6 is 0 Å². The molecule has 0 unspecified atom stereocenters. The molecule has 19 heavy (non-hydrogen) atoms. The van der Waals surface area contributed by atoms with E-state index in [4.69, 9.17) is 5.73 Å². The topological polar surface area (TPSA) is 46.2 Å². The fourth-order valence-electron chi connectivity index (χ4n) is 4.28. The van der Waals surface area contributed by atoms with Gasteiger partial charge in [-0.2, -0.15) is 0 Å². The van der Waals surface area contributed by atoms with Crippen LogP contribution < -0.4 is 5.73 Å². The summed E-state index contributed by atoms with van der Waals surface area (Å²) in [5.41, 5.74) is 11.1. The van der Waals surface area contributed by atoms with Crippen LogP contribution in [-0.4, -0.2) is 5.11 Å². The number of nitrogens with two attached hydrogens (primary N) is 1. The first-order valence-corrected chi connectivity index (χ1v) is 7.67. The van der Waals surface area contributed by atoms with Crippen molar-refractivity contribution in [1.82, 2.24) is 0 Å². The Morgan fingerprint density at radius 3 is 2.47 bits per heavy atom. The van der Waals surface area contributed by atoms with Crippen LogP contribution in [0.1, 0.15) is 60.4 Å². The van der Waals surface area contributed by atoms with Crippen LogP contribution in [0.15, 0.2) is 6.07 Å². The van der Waals surface area contributed by atoms with Crippen LogP contribution in [0.25, 0.3) is 0 Å². The van der Waals surface area contributed by atoms with E-state index in [2.05, 4.69) is 13.0 Å². The van der Waals surface area contributed by atoms with E-state index < -0.39 is 0 Å². The largest absolute Gasteiger partial charge is 0.507 e. The summed E-state index contributed by atoms with van der Waals surface area (Å²) in [6, 6.07) is 2.14. The van der Waals surface area contributed by atoms with Gasteiger partial charge in [-0.25, -0.2) is 0 Å². The van der Waals surface area contributed by atoms with Gasteiger partial charge in [0.25, 0.3) is 0 Å². The Morgan fingerprint density at radius 2 is 1.79 bits per heavy atom. The van der Waals surface area contributed by atoms with Gasteiger partial charge in [0.1, 0.15) is 5.75 Å². The number of aryl methyl sites for hydroxylation is 2. The standard InChI is InChI=1S/C17H25NO/c1-10-8-11(2)17(19)15-13(10)9-14(16(15)18)12-6-4-3-5-7-12/h8,12,14,16,19H,3-7,9,18H2,1-2H3/t14-,16+/m0/s1. The highest BCUT2D eigenvalue weighted by atomic mass is 16.3. The lowest BCUT2D eigenvalue weighted by molar-refractivity contribution is 0.227. The molecule has 3 rings (SSSR count). The normalized spacial score (nSPS) is 27.5. The maximum atomic E-state index is 10.3. The summed E-state index contributed by atoms with van der Waals surface area (Å²) in [5, 5.41) is 10.3. The molecule has 0 radical (unpaired) electrons. The minimum atomic E-state index is 0.0386. The summed E-state index contributed by atoms with van der Waals surface area (Å²) in [6.45, 7) is 4.13. The molecule has 0 bridgehead atoms. The van der Waals surface area contributed by atoms with Gasteiger partial charge >= 0.3 is 0 Å². The number of hydrogen-bond acceptors (Lipinski definition) is 2. The van der Waals surface area contributed by atoms with Gasteiger partial charge < -0.3 is 10.8 Å². The van der Waals surface area contributed by atoms with Gasteiger partial charge in [-0.1, -0.05) is 38.2 Å². The molecule has 0 amide bonds. The van der Waals surface area contributed by atoms with Gasteiger partial charge in [-0.05, 0) is 48.8 Å². The molecule has 2 atom stereocenters. The summed E-state index contributed by atoms with van der Waals surface area (Å²) >= 11 is 0. The van der Waals surface area contributed by atoms with Crippen molar-refractivity contribution in [2.24, 2.45) is 17.6 Å². The van der Waals surface area contributed by atoms with Crippen molar-refractivity contribution in [2.75, 3.05) is 0 Å². The van der Waals surface area contributed by atoms with Gasteiger partial charge in [0.05, 0.1) is 0 Å². The van der Waals surface area contributed by atoms with Crippen LogP contribution in [0.2, 0.25) is 0 Å². The maximum absolute atomic E-state index is 10.3. The van der Waals surface area contributed by atoms with Gasteiger partial charge in [0.2, 0.25) is 0 Å². The summed E-state index contributed by atoms with van der Waals surface area (Å²) in [4.78, 5) is 0. The molecule has 1 fully saturated rings. The molecule has 0 heterocycles. The molecule has 0 spiro atoms. The molecule has 2 heteroatoms. The maximum Gasteiger partial charge on any atom is 0.123 e. The molecule has 1 aromatic carbocycles. The predicted octanol–water partition coefficient (Wildman–Crippen LogP) is 3.76. The third-order valence-electron chi connectivity index (χ3n) is 5.35. The lowest BCUT2D eigenvalue weighted by Crippen LogP contribution is -2.26. The summed E-state index contributed by atoms with van der Waals surface area (Å²) in [7, 11) is 0. The summed E-state index contributed by atoms with van der Waals surface area (Å²) in [6.07, 6.45) is 7.81. The SMILES string of the molecule is Cc1cc(C)c2c(c1O)[C@H](N)[C@H](C1CCCCC1)C2. The van der Waals surface area contributed by atoms with Crippen LogP contribution in [0.4, 0.5) is 0 Å². The molecule has 3 N–H and O–H groups in total. The van der Waals surface area contributed by atoms with E-state index in [0.717, 1.165) is 23.5 Å². The Morgan fingerprint density at radius 1 is 1.11 bits per heavy atom. The lowest BCUT2D eigenvalue weighted by atomic mass is 9.77. The van der Waals surface area contributed by atoms with Crippen molar-refractivity contribution in [1.29, 1.82) is 0 Å². The van der Waals surface area contributed by atoms with E-state index >= 15 is 0 Å². The van der Waals surface area contributed by atoms with Crippen LogP contribution in [0.5, 0.6) is 5.75 Å². The van der Waals surface area contributed by atoms with Crippen molar-refractivity contribution >= 4 is 0 Å². The Bertz CT molecular complexity index is 489. The second-order valence-electron chi connectivity index (χ2n) is 6.54. The molecular weight excluding hydrogens is 234 g/mol. The highest BCUT2D eigenvalue weighted by Gasteiger charge is 2.38. The van der Waals surface area contributed by atoms with E-state index in [-0.39, 0.29) is 6.04 Å². The minimum Gasteiger partial charge on any atom is -0.507 e. The molecule has 0 aromatic heterocycles. The number of hydrogen-bond donors (Lipinski definition) is 2. The number of phenolic OH excluding ortho intramolecular Hbond substituents is 1. The van der Waals surface area contributed by atoms with Gasteiger partial charge in [0.15, 0.2) is 0 Å². The molecule has 1 saturated carbocycles. The predicted molar refractivity (Wildman–Crippen MR) is 78.3 cm³/mol. The number of aromatic hydroxyl groups is 1. The number of benzene rings is 1. The fraction of sp³-hybridized carbons (Fsp3) is 0.647. The molecule has 2 aliphatic rings. The smallest absolute Gasteiger partial charge is 0.123 e. The zero-order valence-corrected chi connectivity index (χ0v) is 12.1. The van der Waals surface area contributed by atoms with E-state index in [9.17, 15) is 5.11 Å². The summed E-state index contributed by atoms with van der Waals surface area (Å²) in [5.74, 6) is 1.75. The highest BCUT2D eigenvalue weighted by molar-refractivity contribution is 5.53. The average Bonchev–Trinajstić information content (AvgIpc) is 2.76.